The van der Waals surface area contributed by atoms with E-state index in [4.69, 9.17) is 0 Å². The van der Waals surface area contributed by atoms with Crippen LogP contribution in [0, 0.1) is 5.92 Å². The monoisotopic (exact) mass is 299 g/mol. The van der Waals surface area contributed by atoms with Crippen molar-refractivity contribution in [2.75, 3.05) is 19.6 Å². The summed E-state index contributed by atoms with van der Waals surface area (Å²) in [7, 11) is 2.00. The number of nitrogens with one attached hydrogen (secondary N) is 1. The van der Waals surface area contributed by atoms with Gasteiger partial charge in [0.15, 0.2) is 0 Å². The highest BCUT2D eigenvalue weighted by Gasteiger charge is 2.33. The maximum atomic E-state index is 12.9. The Labute approximate surface area is 132 Å². The van der Waals surface area contributed by atoms with Crippen LogP contribution >= 0.6 is 0 Å². The van der Waals surface area contributed by atoms with E-state index in [-0.39, 0.29) is 5.91 Å². The van der Waals surface area contributed by atoms with Gasteiger partial charge in [0.1, 0.15) is 0 Å². The number of para-hydroxylation sites is 1. The van der Waals surface area contributed by atoms with E-state index in [1.165, 1.54) is 0 Å². The van der Waals surface area contributed by atoms with E-state index in [1.807, 2.05) is 40.9 Å². The Hall–Kier alpha value is -1.81. The van der Waals surface area contributed by atoms with Crippen molar-refractivity contribution >= 4 is 16.8 Å². The largest absolute Gasteiger partial charge is 0.350 e. The lowest BCUT2D eigenvalue weighted by atomic mass is 10.1. The Kier molecular flexibility index (Phi) is 4.21. The standard InChI is InChI=1S/C18H25N3O/c1-4-9-19-16-12-21(10-13(16)2)18(22)15-11-20(3)17-8-6-5-7-14(15)17/h5-8,11,13,16,19H,4,9-10,12H2,1-3H3. The van der Waals surface area contributed by atoms with E-state index in [0.29, 0.717) is 12.0 Å². The second-order valence-electron chi connectivity index (χ2n) is 6.42. The van der Waals surface area contributed by atoms with Gasteiger partial charge in [-0.3, -0.25) is 4.79 Å². The van der Waals surface area contributed by atoms with Crippen molar-refractivity contribution < 1.29 is 4.79 Å². The number of benzene rings is 1. The van der Waals surface area contributed by atoms with Gasteiger partial charge >= 0.3 is 0 Å². The molecule has 1 aromatic carbocycles. The molecule has 2 aromatic rings. The smallest absolute Gasteiger partial charge is 0.256 e. The first kappa shape index (κ1) is 15.1. The lowest BCUT2D eigenvalue weighted by molar-refractivity contribution is 0.0787. The first-order chi connectivity index (χ1) is 10.6. The van der Waals surface area contributed by atoms with Gasteiger partial charge in [0.05, 0.1) is 5.56 Å². The van der Waals surface area contributed by atoms with Crippen LogP contribution in [0.3, 0.4) is 0 Å². The van der Waals surface area contributed by atoms with Crippen LogP contribution < -0.4 is 5.32 Å². The summed E-state index contributed by atoms with van der Waals surface area (Å²) in [4.78, 5) is 14.9. The van der Waals surface area contributed by atoms with Crippen molar-refractivity contribution in [3.8, 4) is 0 Å². The van der Waals surface area contributed by atoms with Gasteiger partial charge in [-0.15, -0.1) is 0 Å². The summed E-state index contributed by atoms with van der Waals surface area (Å²) in [6.07, 6.45) is 3.09. The first-order valence-corrected chi connectivity index (χ1v) is 8.18. The third-order valence-corrected chi connectivity index (χ3v) is 4.68. The normalized spacial score (nSPS) is 21.7. The highest BCUT2D eigenvalue weighted by Crippen LogP contribution is 2.25. The maximum Gasteiger partial charge on any atom is 0.256 e. The summed E-state index contributed by atoms with van der Waals surface area (Å²) in [6, 6.07) is 8.52. The number of hydrogen-bond donors (Lipinski definition) is 1. The fourth-order valence-corrected chi connectivity index (χ4v) is 3.41. The molecule has 3 rings (SSSR count). The summed E-state index contributed by atoms with van der Waals surface area (Å²) in [5.74, 6) is 0.662. The van der Waals surface area contributed by atoms with E-state index >= 15 is 0 Å². The van der Waals surface area contributed by atoms with Crippen molar-refractivity contribution in [2.24, 2.45) is 13.0 Å². The zero-order chi connectivity index (χ0) is 15.7. The van der Waals surface area contributed by atoms with Gasteiger partial charge in [0.2, 0.25) is 0 Å². The highest BCUT2D eigenvalue weighted by atomic mass is 16.2. The Morgan fingerprint density at radius 1 is 1.32 bits per heavy atom. The van der Waals surface area contributed by atoms with Gasteiger partial charge in [0, 0.05) is 43.3 Å². The van der Waals surface area contributed by atoms with Crippen LogP contribution in [-0.2, 0) is 7.05 Å². The molecule has 2 unspecified atom stereocenters. The van der Waals surface area contributed by atoms with Crippen LogP contribution in [0.25, 0.3) is 10.9 Å². The third-order valence-electron chi connectivity index (χ3n) is 4.68. The summed E-state index contributed by atoms with van der Waals surface area (Å²) in [5, 5.41) is 4.61. The molecule has 0 aliphatic carbocycles. The van der Waals surface area contributed by atoms with Gasteiger partial charge in [0.25, 0.3) is 5.91 Å². The van der Waals surface area contributed by atoms with Crippen molar-refractivity contribution in [3.63, 3.8) is 0 Å². The van der Waals surface area contributed by atoms with Gasteiger partial charge in [-0.25, -0.2) is 0 Å². The molecule has 118 valence electrons. The van der Waals surface area contributed by atoms with Crippen LogP contribution in [0.1, 0.15) is 30.6 Å². The molecule has 2 atom stereocenters. The number of rotatable bonds is 4. The third kappa shape index (κ3) is 2.63. The minimum atomic E-state index is 0.157. The van der Waals surface area contributed by atoms with E-state index in [0.717, 1.165) is 42.5 Å². The minimum Gasteiger partial charge on any atom is -0.350 e. The Morgan fingerprint density at radius 2 is 2.09 bits per heavy atom. The Bertz CT molecular complexity index is 676. The lowest BCUT2D eigenvalue weighted by Crippen LogP contribution is -2.37. The zero-order valence-corrected chi connectivity index (χ0v) is 13.7. The molecule has 22 heavy (non-hydrogen) atoms. The van der Waals surface area contributed by atoms with Crippen LogP contribution in [0.2, 0.25) is 0 Å². The van der Waals surface area contributed by atoms with Gasteiger partial charge in [-0.1, -0.05) is 32.0 Å². The minimum absolute atomic E-state index is 0.157. The average Bonchev–Trinajstić information content (AvgIpc) is 3.06. The topological polar surface area (TPSA) is 37.3 Å². The predicted molar refractivity (Wildman–Crippen MR) is 90.1 cm³/mol. The molecular formula is C18H25N3O. The summed E-state index contributed by atoms with van der Waals surface area (Å²) in [5.41, 5.74) is 1.93. The molecule has 4 nitrogen and oxygen atoms in total. The van der Waals surface area contributed by atoms with Crippen LogP contribution in [0.5, 0.6) is 0 Å². The highest BCUT2D eigenvalue weighted by molar-refractivity contribution is 6.07. The number of nitrogens with zero attached hydrogens (tertiary/aromatic N) is 2. The quantitative estimate of drug-likeness (QED) is 0.942. The van der Waals surface area contributed by atoms with Crippen molar-refractivity contribution in [1.29, 1.82) is 0 Å². The molecule has 1 saturated heterocycles. The molecule has 2 heterocycles. The lowest BCUT2D eigenvalue weighted by Gasteiger charge is -2.17. The molecule has 1 fully saturated rings. The van der Waals surface area contributed by atoms with Gasteiger partial charge in [-0.2, -0.15) is 0 Å². The SMILES string of the molecule is CCCNC1CN(C(=O)c2cn(C)c3ccccc23)CC1C. The van der Waals surface area contributed by atoms with Crippen LogP contribution in [-0.4, -0.2) is 41.1 Å². The van der Waals surface area contributed by atoms with Crippen molar-refractivity contribution in [3.05, 3.63) is 36.0 Å². The fraction of sp³-hybridized carbons (Fsp3) is 0.500. The molecule has 1 aliphatic rings. The van der Waals surface area contributed by atoms with Crippen LogP contribution in [0.4, 0.5) is 0 Å². The molecule has 1 aliphatic heterocycles. The fourth-order valence-electron chi connectivity index (χ4n) is 3.41. The molecule has 1 aromatic heterocycles. The van der Waals surface area contributed by atoms with E-state index in [2.05, 4.69) is 25.2 Å². The average molecular weight is 299 g/mol. The summed E-state index contributed by atoms with van der Waals surface area (Å²) in [6.45, 7) is 7.06. The summed E-state index contributed by atoms with van der Waals surface area (Å²) >= 11 is 0. The van der Waals surface area contributed by atoms with E-state index < -0.39 is 0 Å². The number of fused-ring (bicyclic) bond motifs is 1. The number of aryl methyl sites for hydroxylation is 1. The number of hydrogen-bond acceptors (Lipinski definition) is 2. The Morgan fingerprint density at radius 3 is 2.86 bits per heavy atom. The number of carbonyl (C=O) groups excluding carboxylic acids is 1. The molecule has 1 N–H and O–H groups in total. The Balaban J connectivity index is 1.82. The molecule has 0 bridgehead atoms. The predicted octanol–water partition coefficient (Wildman–Crippen LogP) is 2.64. The second kappa shape index (κ2) is 6.13. The molecule has 0 saturated carbocycles. The number of aromatic nitrogens is 1. The van der Waals surface area contributed by atoms with E-state index in [9.17, 15) is 4.79 Å². The molecular weight excluding hydrogens is 274 g/mol. The van der Waals surface area contributed by atoms with E-state index in [1.54, 1.807) is 0 Å². The van der Waals surface area contributed by atoms with Crippen LogP contribution in [0.15, 0.2) is 30.5 Å². The molecule has 4 heteroatoms. The number of amides is 1. The van der Waals surface area contributed by atoms with Gasteiger partial charge < -0.3 is 14.8 Å². The molecule has 0 radical (unpaired) electrons. The molecule has 1 amide bonds. The number of likely N-dealkylation sites (tertiary alicyclic amines) is 1. The number of carbonyl (C=O) groups is 1. The maximum absolute atomic E-state index is 12.9. The summed E-state index contributed by atoms with van der Waals surface area (Å²) < 4.78 is 2.04. The van der Waals surface area contributed by atoms with Gasteiger partial charge in [-0.05, 0) is 24.9 Å². The van der Waals surface area contributed by atoms with Crippen molar-refractivity contribution in [1.82, 2.24) is 14.8 Å². The second-order valence-corrected chi connectivity index (χ2v) is 6.42. The molecule has 0 spiro atoms. The van der Waals surface area contributed by atoms with Crippen molar-refractivity contribution in [2.45, 2.75) is 26.3 Å². The zero-order valence-electron chi connectivity index (χ0n) is 13.7. The first-order valence-electron chi connectivity index (χ1n) is 8.18.